The minimum atomic E-state index is -0.412. The minimum absolute atomic E-state index is 0.317. The summed E-state index contributed by atoms with van der Waals surface area (Å²) in [7, 11) is 0. The quantitative estimate of drug-likeness (QED) is 0.455. The summed E-state index contributed by atoms with van der Waals surface area (Å²) in [6.07, 6.45) is 0. The number of ether oxygens (including phenoxy) is 1. The van der Waals surface area contributed by atoms with Crippen LogP contribution in [0.2, 0.25) is 0 Å². The van der Waals surface area contributed by atoms with Crippen molar-refractivity contribution in [2.75, 3.05) is 13.2 Å². The molecule has 33 heavy (non-hydrogen) atoms. The summed E-state index contributed by atoms with van der Waals surface area (Å²) in [5, 5.41) is 8.15. The van der Waals surface area contributed by atoms with Crippen LogP contribution < -0.4 is 10.1 Å². The summed E-state index contributed by atoms with van der Waals surface area (Å²) >= 11 is 5.66. The molecule has 4 rings (SSSR count). The fourth-order valence-corrected chi connectivity index (χ4v) is 4.23. The van der Waals surface area contributed by atoms with Crippen LogP contribution in [-0.2, 0) is 0 Å². The van der Waals surface area contributed by atoms with E-state index in [1.165, 1.54) is 12.1 Å². The SMILES string of the molecule is CCOc1ccc(-c2noc(C3=C(C)N(CC(C)C)C(=S)NC3c3cccc(F)c3)n2)cc1. The number of allylic oxidation sites excluding steroid dienone is 1. The summed E-state index contributed by atoms with van der Waals surface area (Å²) < 4.78 is 25.3. The predicted molar refractivity (Wildman–Crippen MR) is 130 cm³/mol. The van der Waals surface area contributed by atoms with Crippen molar-refractivity contribution >= 4 is 22.9 Å². The Morgan fingerprint density at radius 3 is 2.64 bits per heavy atom. The van der Waals surface area contributed by atoms with E-state index < -0.39 is 6.04 Å². The zero-order valence-corrected chi connectivity index (χ0v) is 19.9. The molecule has 2 aromatic carbocycles. The van der Waals surface area contributed by atoms with Crippen LogP contribution in [0.5, 0.6) is 5.75 Å². The number of aromatic nitrogens is 2. The lowest BCUT2D eigenvalue weighted by Crippen LogP contribution is -2.47. The predicted octanol–water partition coefficient (Wildman–Crippen LogP) is 5.59. The third-order valence-corrected chi connectivity index (χ3v) is 5.74. The largest absolute Gasteiger partial charge is 0.494 e. The topological polar surface area (TPSA) is 63.4 Å². The Morgan fingerprint density at radius 2 is 1.97 bits per heavy atom. The zero-order chi connectivity index (χ0) is 23.5. The molecule has 0 spiro atoms. The molecule has 0 fully saturated rings. The van der Waals surface area contributed by atoms with Crippen molar-refractivity contribution in [1.82, 2.24) is 20.4 Å². The summed E-state index contributed by atoms with van der Waals surface area (Å²) in [6.45, 7) is 9.52. The molecule has 172 valence electrons. The fraction of sp³-hybridized carbons (Fsp3) is 0.320. The lowest BCUT2D eigenvalue weighted by Gasteiger charge is -2.38. The molecule has 0 saturated heterocycles. The summed E-state index contributed by atoms with van der Waals surface area (Å²) in [6, 6.07) is 13.6. The number of thiocarbonyl (C=S) groups is 1. The maximum Gasteiger partial charge on any atom is 0.258 e. The Morgan fingerprint density at radius 1 is 1.21 bits per heavy atom. The molecule has 1 aliphatic rings. The van der Waals surface area contributed by atoms with Gasteiger partial charge in [0.15, 0.2) is 5.11 Å². The Kier molecular flexibility index (Phi) is 6.74. The van der Waals surface area contributed by atoms with Gasteiger partial charge in [-0.05, 0) is 73.9 Å². The van der Waals surface area contributed by atoms with Crippen LogP contribution in [0.15, 0.2) is 58.8 Å². The Hall–Kier alpha value is -3.26. The normalized spacial score (nSPS) is 16.4. The molecular formula is C25H27FN4O2S. The smallest absolute Gasteiger partial charge is 0.258 e. The molecule has 8 heteroatoms. The first-order chi connectivity index (χ1) is 15.9. The molecule has 1 unspecified atom stereocenters. The monoisotopic (exact) mass is 466 g/mol. The summed E-state index contributed by atoms with van der Waals surface area (Å²) in [5.41, 5.74) is 3.23. The third-order valence-electron chi connectivity index (χ3n) is 5.41. The van der Waals surface area contributed by atoms with Crippen LogP contribution in [0.1, 0.15) is 45.2 Å². The van der Waals surface area contributed by atoms with E-state index in [1.54, 1.807) is 6.07 Å². The van der Waals surface area contributed by atoms with Gasteiger partial charge in [-0.3, -0.25) is 0 Å². The van der Waals surface area contributed by atoms with E-state index in [4.69, 9.17) is 21.5 Å². The number of nitrogens with one attached hydrogen (secondary N) is 1. The van der Waals surface area contributed by atoms with Gasteiger partial charge < -0.3 is 19.5 Å². The van der Waals surface area contributed by atoms with Crippen molar-refractivity contribution in [3.63, 3.8) is 0 Å². The van der Waals surface area contributed by atoms with Crippen molar-refractivity contribution in [3.8, 4) is 17.1 Å². The van der Waals surface area contributed by atoms with E-state index in [9.17, 15) is 4.39 Å². The molecule has 1 atom stereocenters. The van der Waals surface area contributed by atoms with Gasteiger partial charge in [-0.1, -0.05) is 31.1 Å². The first kappa shape index (κ1) is 22.9. The lowest BCUT2D eigenvalue weighted by molar-refractivity contribution is 0.340. The number of benzene rings is 2. The molecule has 2 heterocycles. The third kappa shape index (κ3) is 4.90. The van der Waals surface area contributed by atoms with Gasteiger partial charge in [0, 0.05) is 17.8 Å². The number of hydrogen-bond acceptors (Lipinski definition) is 5. The average molecular weight is 467 g/mol. The highest BCUT2D eigenvalue weighted by atomic mass is 32.1. The number of halogens is 1. The maximum absolute atomic E-state index is 14.1. The van der Waals surface area contributed by atoms with E-state index in [0.717, 1.165) is 34.7 Å². The van der Waals surface area contributed by atoms with Gasteiger partial charge in [-0.15, -0.1) is 0 Å². The standard InChI is InChI=1S/C25H27FN4O2S/c1-5-31-20-11-9-17(10-12-20)23-28-24(32-29-23)21-16(4)30(14-15(2)3)25(33)27-22(21)18-7-6-8-19(26)13-18/h6-13,15,22H,5,14H2,1-4H3,(H,27,33). The maximum atomic E-state index is 14.1. The first-order valence-electron chi connectivity index (χ1n) is 11.0. The van der Waals surface area contributed by atoms with Gasteiger partial charge >= 0.3 is 0 Å². The number of hydrogen-bond donors (Lipinski definition) is 1. The highest BCUT2D eigenvalue weighted by molar-refractivity contribution is 7.80. The first-order valence-corrected chi connectivity index (χ1v) is 11.4. The van der Waals surface area contributed by atoms with E-state index in [2.05, 4.69) is 29.3 Å². The molecule has 0 aliphatic carbocycles. The molecule has 1 N–H and O–H groups in total. The van der Waals surface area contributed by atoms with Gasteiger partial charge in [-0.25, -0.2) is 4.39 Å². The van der Waals surface area contributed by atoms with Crippen LogP contribution >= 0.6 is 12.2 Å². The van der Waals surface area contributed by atoms with Crippen molar-refractivity contribution in [3.05, 3.63) is 71.5 Å². The second-order valence-corrected chi connectivity index (χ2v) is 8.71. The van der Waals surface area contributed by atoms with Crippen LogP contribution in [0.25, 0.3) is 17.0 Å². The van der Waals surface area contributed by atoms with Crippen LogP contribution in [-0.4, -0.2) is 33.3 Å². The van der Waals surface area contributed by atoms with E-state index in [1.807, 2.05) is 49.1 Å². The van der Waals surface area contributed by atoms with Gasteiger partial charge in [0.1, 0.15) is 11.6 Å². The average Bonchev–Trinajstić information content (AvgIpc) is 3.26. The van der Waals surface area contributed by atoms with E-state index in [0.29, 0.717) is 29.4 Å². The van der Waals surface area contributed by atoms with Crippen LogP contribution in [0.4, 0.5) is 4.39 Å². The molecular weight excluding hydrogens is 439 g/mol. The Labute approximate surface area is 198 Å². The fourth-order valence-electron chi connectivity index (χ4n) is 3.90. The zero-order valence-electron chi connectivity index (χ0n) is 19.1. The van der Waals surface area contributed by atoms with Crippen molar-refractivity contribution in [2.24, 2.45) is 5.92 Å². The van der Waals surface area contributed by atoms with E-state index in [-0.39, 0.29) is 5.82 Å². The molecule has 0 bridgehead atoms. The molecule has 6 nitrogen and oxygen atoms in total. The molecule has 0 saturated carbocycles. The summed E-state index contributed by atoms with van der Waals surface area (Å²) in [4.78, 5) is 6.72. The van der Waals surface area contributed by atoms with Gasteiger partial charge in [0.05, 0.1) is 18.2 Å². The number of nitrogens with zero attached hydrogens (tertiary/aromatic N) is 3. The highest BCUT2D eigenvalue weighted by Gasteiger charge is 2.34. The van der Waals surface area contributed by atoms with Gasteiger partial charge in [0.2, 0.25) is 5.82 Å². The molecule has 0 amide bonds. The molecule has 0 radical (unpaired) electrons. The minimum Gasteiger partial charge on any atom is -0.494 e. The van der Waals surface area contributed by atoms with Crippen LogP contribution in [0, 0.1) is 11.7 Å². The van der Waals surface area contributed by atoms with Crippen molar-refractivity contribution < 1.29 is 13.7 Å². The second kappa shape index (κ2) is 9.70. The molecule has 1 aromatic heterocycles. The second-order valence-electron chi connectivity index (χ2n) is 8.32. The van der Waals surface area contributed by atoms with Gasteiger partial charge in [0.25, 0.3) is 5.89 Å². The Bertz CT molecular complexity index is 1170. The molecule has 1 aliphatic heterocycles. The Balaban J connectivity index is 1.76. The summed E-state index contributed by atoms with van der Waals surface area (Å²) in [5.74, 6) is 1.68. The highest BCUT2D eigenvalue weighted by Crippen LogP contribution is 2.37. The lowest BCUT2D eigenvalue weighted by atomic mass is 9.94. The van der Waals surface area contributed by atoms with Gasteiger partial charge in [-0.2, -0.15) is 4.98 Å². The van der Waals surface area contributed by atoms with Crippen LogP contribution in [0.3, 0.4) is 0 Å². The number of rotatable bonds is 7. The van der Waals surface area contributed by atoms with Crippen molar-refractivity contribution in [1.29, 1.82) is 0 Å². The van der Waals surface area contributed by atoms with E-state index >= 15 is 0 Å². The molecule has 3 aromatic rings. The van der Waals surface area contributed by atoms with Crippen molar-refractivity contribution in [2.45, 2.75) is 33.7 Å².